The Hall–Kier alpha value is -3.82. The van der Waals surface area contributed by atoms with Crippen LogP contribution in [0.1, 0.15) is 124 Å². The molecule has 68 heavy (non-hydrogen) atoms. The summed E-state index contributed by atoms with van der Waals surface area (Å²) in [7, 11) is -23.2. The number of aliphatic hydroxyl groups is 2. The van der Waals surface area contributed by atoms with Gasteiger partial charge in [-0.05, 0) is 84.4 Å². The molecular weight excluding hydrogens is 982 g/mol. The molecule has 0 aromatic carbocycles. The van der Waals surface area contributed by atoms with Crippen molar-refractivity contribution >= 4 is 43.2 Å². The van der Waals surface area contributed by atoms with Gasteiger partial charge >= 0.3 is 43.2 Å². The fourth-order valence-electron chi connectivity index (χ4n) is 5.79. The number of unbranched alkanes of at least 4 members (excludes halogenated alkanes) is 12. The average Bonchev–Trinajstić information content (AvgIpc) is 3.22. The molecule has 27 heteroatoms. The average molecular weight is 1070 g/mol. The number of hydrogen-bond acceptors (Lipinski definition) is 16. The Balaban J connectivity index is -0.000000230. The van der Waals surface area contributed by atoms with Crippen molar-refractivity contribution in [1.29, 1.82) is 0 Å². The number of phosphoric ester groups is 4. The molecule has 0 aliphatic heterocycles. The van der Waals surface area contributed by atoms with E-state index in [4.69, 9.17) is 18.5 Å². The van der Waals surface area contributed by atoms with Crippen molar-refractivity contribution in [2.24, 2.45) is 0 Å². The monoisotopic (exact) mass is 1070 g/mol. The molecule has 1 aliphatic carbocycles. The molecule has 0 aromatic heterocycles. The minimum Gasteiger partial charge on any atom is -0.456 e. The molecule has 0 bridgehead atoms. The van der Waals surface area contributed by atoms with E-state index in [-0.39, 0.29) is 32.5 Å². The van der Waals surface area contributed by atoms with Crippen LogP contribution in [0.3, 0.4) is 0 Å². The highest BCUT2D eigenvalue weighted by molar-refractivity contribution is 7.47. The lowest BCUT2D eigenvalue weighted by atomic mass is 9.85. The first-order valence-electron chi connectivity index (χ1n) is 20.5. The molecule has 8 atom stereocenters. The van der Waals surface area contributed by atoms with Gasteiger partial charge < -0.3 is 60.1 Å². The summed E-state index contributed by atoms with van der Waals surface area (Å²) in [6.45, 7) is 1.80. The summed E-state index contributed by atoms with van der Waals surface area (Å²) in [5.74, 6) is 30.9. The number of phosphoric acid groups is 4. The lowest BCUT2D eigenvalue weighted by Gasteiger charge is -2.45. The summed E-state index contributed by atoms with van der Waals surface area (Å²) in [4.78, 5) is 92.0. The van der Waals surface area contributed by atoms with E-state index in [1.807, 2.05) is 5.92 Å². The van der Waals surface area contributed by atoms with Gasteiger partial charge in [0.25, 0.3) is 0 Å². The van der Waals surface area contributed by atoms with Gasteiger partial charge in [0.15, 0.2) is 6.10 Å². The number of esters is 2. The lowest BCUT2D eigenvalue weighted by molar-refractivity contribution is -0.209. The number of ether oxygens (including phenoxy) is 2. The zero-order valence-corrected chi connectivity index (χ0v) is 40.8. The molecule has 1 rings (SSSR count). The first kappa shape index (κ1) is 64.2. The summed E-state index contributed by atoms with van der Waals surface area (Å²) in [5.41, 5.74) is 0. The Morgan fingerprint density at radius 3 is 1.32 bits per heavy atom. The summed E-state index contributed by atoms with van der Waals surface area (Å²) in [6.07, 6.45) is -5.05. The molecule has 23 nitrogen and oxygen atoms in total. The van der Waals surface area contributed by atoms with Crippen LogP contribution in [0.2, 0.25) is 0 Å². The first-order chi connectivity index (χ1) is 31.5. The van der Waals surface area contributed by atoms with E-state index in [1.54, 1.807) is 6.92 Å². The van der Waals surface area contributed by atoms with Gasteiger partial charge in [0.05, 0.1) is 6.61 Å². The van der Waals surface area contributed by atoms with Gasteiger partial charge in [-0.1, -0.05) is 89.9 Å². The van der Waals surface area contributed by atoms with Crippen molar-refractivity contribution < 1.29 is 124 Å². The van der Waals surface area contributed by atoms with Crippen molar-refractivity contribution in [3.8, 4) is 82.9 Å². The highest BCUT2D eigenvalue weighted by Crippen LogP contribution is 2.53. The SMILES string of the molecule is CC#CC#CC#CC#CC#CC#CC#CC(=O)OC[C@H](COP(=O)(O)OC1C(O)[C@@H](OP(=O)(O)O)C(OP(=O)(O)O)[C@@H](OP(=O)(O)O)[C@H]1O)OC(=O)CCCCCCCCCCCCCCC.N.[HH].[HH].[HH].[HH].[HH].[HH].[HH].[HH].[HH].[HH].[HH].[HH].[HH].[HH]. The molecule has 406 valence electrons. The standard InChI is InChI=1S/C41H54O22P4.H3N.14H2/c1-3-5-7-9-11-13-15-17-19-21-23-25-27-29-34(42)57-31-33(59-35(43)30-28-26-24-22-20-18-16-14-12-10-8-6-4-2)32-58-67(55,56)63-38-36(44)39(60-64(46,47)48)41(62-66(52,53)54)40(37(38)45)61-65(49,50)51;;;;;;;;;;;;;;;/h33,36-41,44-45H,4,6,8,10,12,14,16,18,20,22,24,26,28,30-32H2,1-2H3,(H,55,56)(H2,46,47,48)(H2,49,50,51)(H2,52,53,54);1H3;14*1H/t33-,36+,37?,38?,39+,40-,41?;;;;;;;;;;;;;;;/m1.............../s1. The van der Waals surface area contributed by atoms with E-state index in [2.05, 4.69) is 97.5 Å². The third kappa shape index (κ3) is 32.1. The van der Waals surface area contributed by atoms with E-state index in [9.17, 15) is 72.3 Å². The van der Waals surface area contributed by atoms with Crippen LogP contribution in [0.15, 0.2) is 0 Å². The highest BCUT2D eigenvalue weighted by atomic mass is 31.2. The highest BCUT2D eigenvalue weighted by Gasteiger charge is 2.59. The third-order valence-corrected chi connectivity index (χ3v) is 11.1. The second-order valence-corrected chi connectivity index (χ2v) is 19.1. The van der Waals surface area contributed by atoms with Crippen LogP contribution in [-0.4, -0.2) is 112 Å². The normalized spacial score (nSPS) is 19.8. The maximum absolute atomic E-state index is 13.2. The Kier molecular flexibility index (Phi) is 32.5. The van der Waals surface area contributed by atoms with Crippen LogP contribution in [-0.2, 0) is 59.9 Å². The fraction of sp³-hybridized carbons (Fsp3) is 0.610. The van der Waals surface area contributed by atoms with E-state index in [0.717, 1.165) is 32.1 Å². The van der Waals surface area contributed by atoms with Gasteiger partial charge in [0, 0.05) is 32.3 Å². The van der Waals surface area contributed by atoms with Crippen molar-refractivity contribution in [3.05, 3.63) is 0 Å². The zero-order valence-electron chi connectivity index (χ0n) is 37.2. The van der Waals surface area contributed by atoms with Gasteiger partial charge in [-0.15, -0.1) is 0 Å². The first-order valence-corrected chi connectivity index (χ1v) is 26.6. The topological polar surface area (TPSA) is 384 Å². The van der Waals surface area contributed by atoms with Crippen LogP contribution in [0, 0.1) is 82.9 Å². The number of rotatable bonds is 28. The van der Waals surface area contributed by atoms with Gasteiger partial charge in [-0.25, -0.2) is 23.1 Å². The summed E-state index contributed by atoms with van der Waals surface area (Å²) < 4.78 is 81.1. The van der Waals surface area contributed by atoms with Crippen molar-refractivity contribution in [2.75, 3.05) is 13.2 Å². The van der Waals surface area contributed by atoms with Crippen molar-refractivity contribution in [2.45, 2.75) is 146 Å². The predicted octanol–water partition coefficient (Wildman–Crippen LogP) is 6.24. The molecule has 0 spiro atoms. The zero-order chi connectivity index (χ0) is 50.4. The van der Waals surface area contributed by atoms with E-state index >= 15 is 0 Å². The van der Waals surface area contributed by atoms with E-state index in [1.165, 1.54) is 38.5 Å². The maximum Gasteiger partial charge on any atom is 0.472 e. The van der Waals surface area contributed by atoms with Crippen molar-refractivity contribution in [1.82, 2.24) is 6.15 Å². The maximum atomic E-state index is 13.2. The number of carbonyl (C=O) groups excluding carboxylic acids is 2. The summed E-state index contributed by atoms with van der Waals surface area (Å²) in [5, 5.41) is 21.7. The minimum atomic E-state index is -5.82. The van der Waals surface area contributed by atoms with E-state index < -0.39 is 99.2 Å². The molecule has 0 amide bonds. The summed E-state index contributed by atoms with van der Waals surface area (Å²) >= 11 is 0. The number of carbonyl (C=O) groups is 2. The Bertz CT molecular complexity index is 2280. The van der Waals surface area contributed by atoms with Gasteiger partial charge in [-0.2, -0.15) is 0 Å². The fourth-order valence-corrected chi connectivity index (χ4v) is 8.44. The van der Waals surface area contributed by atoms with Gasteiger partial charge in [-0.3, -0.25) is 27.4 Å². The molecular formula is C41H85NO22P4. The number of aliphatic hydroxyl groups excluding tert-OH is 2. The quantitative estimate of drug-likeness (QED) is 0.0136. The van der Waals surface area contributed by atoms with Crippen LogP contribution < -0.4 is 6.15 Å². The molecule has 0 radical (unpaired) electrons. The molecule has 1 fully saturated rings. The Morgan fingerprint density at radius 2 is 0.912 bits per heavy atom. The largest absolute Gasteiger partial charge is 0.472 e. The van der Waals surface area contributed by atoms with Crippen LogP contribution in [0.25, 0.3) is 0 Å². The molecule has 12 N–H and O–H groups in total. The van der Waals surface area contributed by atoms with Crippen LogP contribution in [0.5, 0.6) is 0 Å². The van der Waals surface area contributed by atoms with Crippen LogP contribution in [0.4, 0.5) is 0 Å². The number of hydrogen-bond donors (Lipinski definition) is 10. The smallest absolute Gasteiger partial charge is 0.456 e. The molecule has 0 heterocycles. The second-order valence-electron chi connectivity index (χ2n) is 14.1. The van der Waals surface area contributed by atoms with Crippen molar-refractivity contribution in [3.63, 3.8) is 0 Å². The summed E-state index contributed by atoms with van der Waals surface area (Å²) in [6, 6.07) is 0. The van der Waals surface area contributed by atoms with Crippen LogP contribution >= 0.6 is 31.3 Å². The molecule has 0 aromatic rings. The molecule has 4 unspecified atom stereocenters. The second kappa shape index (κ2) is 34.5. The molecule has 0 saturated heterocycles. The minimum absolute atomic E-state index is 0. The Labute approximate surface area is 416 Å². The molecule has 1 aliphatic rings. The molecule has 1 saturated carbocycles. The van der Waals surface area contributed by atoms with Gasteiger partial charge in [0.2, 0.25) is 0 Å². The third-order valence-electron chi connectivity index (χ3n) is 8.61. The van der Waals surface area contributed by atoms with Gasteiger partial charge in [0.1, 0.15) is 43.2 Å². The lowest BCUT2D eigenvalue weighted by Crippen LogP contribution is -2.65. The predicted molar refractivity (Wildman–Crippen MR) is 269 cm³/mol. The Morgan fingerprint density at radius 1 is 0.529 bits per heavy atom. The van der Waals surface area contributed by atoms with E-state index in [0.29, 0.717) is 12.8 Å².